The Bertz CT molecular complexity index is 967. The highest BCUT2D eigenvalue weighted by atomic mass is 35.5. The fraction of sp³-hybridized carbons (Fsp3) is 0.619. The first-order valence-electron chi connectivity index (χ1n) is 10.8. The molecular weight excluding hydrogens is 436 g/mol. The lowest BCUT2D eigenvalue weighted by Gasteiger charge is -2.41. The topological polar surface area (TPSA) is 104 Å². The molecule has 5 rings (SSSR count). The molecular formula is C21H27ClN6O2S. The van der Waals surface area contributed by atoms with Crippen LogP contribution in [0.3, 0.4) is 0 Å². The molecule has 3 unspecified atom stereocenters. The number of aromatic nitrogens is 4. The standard InChI is InChI=1S/C21H27ClN6O2S/c1-31(30)17-9-25-20(26-19(17)27-21(12-29)3-2-4-21)28-10-14-5-13(6-15(14)11-28)18-23-7-16(22)8-24-18/h7-9,13-15,29H,2-6,10-12H2,1H3,(H,25,26,27). The van der Waals surface area contributed by atoms with Crippen LogP contribution >= 0.6 is 11.6 Å². The minimum absolute atomic E-state index is 0.0458. The first kappa shape index (κ1) is 21.0. The van der Waals surface area contributed by atoms with E-state index < -0.39 is 10.8 Å². The van der Waals surface area contributed by atoms with Crippen LogP contribution < -0.4 is 10.2 Å². The van der Waals surface area contributed by atoms with E-state index in [4.69, 9.17) is 16.6 Å². The summed E-state index contributed by atoms with van der Waals surface area (Å²) in [6.07, 6.45) is 11.6. The highest BCUT2D eigenvalue weighted by molar-refractivity contribution is 7.84. The van der Waals surface area contributed by atoms with E-state index in [1.807, 2.05) is 0 Å². The van der Waals surface area contributed by atoms with Gasteiger partial charge >= 0.3 is 0 Å². The van der Waals surface area contributed by atoms with Gasteiger partial charge in [0.15, 0.2) is 0 Å². The van der Waals surface area contributed by atoms with E-state index in [1.165, 1.54) is 0 Å². The van der Waals surface area contributed by atoms with Crippen molar-refractivity contribution in [3.05, 3.63) is 29.4 Å². The van der Waals surface area contributed by atoms with Crippen molar-refractivity contribution in [3.8, 4) is 0 Å². The lowest BCUT2D eigenvalue weighted by molar-refractivity contribution is 0.143. The van der Waals surface area contributed by atoms with Crippen LogP contribution in [0, 0.1) is 11.8 Å². The number of halogens is 1. The molecule has 8 nitrogen and oxygen atoms in total. The van der Waals surface area contributed by atoms with Crippen molar-refractivity contribution in [2.24, 2.45) is 11.8 Å². The fourth-order valence-corrected chi connectivity index (χ4v) is 5.87. The number of hydrogen-bond donors (Lipinski definition) is 2. The van der Waals surface area contributed by atoms with Crippen molar-refractivity contribution >= 4 is 34.2 Å². The Labute approximate surface area is 189 Å². The van der Waals surface area contributed by atoms with Crippen molar-refractivity contribution in [1.82, 2.24) is 19.9 Å². The molecule has 0 spiro atoms. The summed E-state index contributed by atoms with van der Waals surface area (Å²) in [7, 11) is -1.21. The quantitative estimate of drug-likeness (QED) is 0.675. The predicted octanol–water partition coefficient (Wildman–Crippen LogP) is 2.61. The summed E-state index contributed by atoms with van der Waals surface area (Å²) in [5.74, 6) is 3.62. The lowest BCUT2D eigenvalue weighted by atomic mass is 9.77. The summed E-state index contributed by atoms with van der Waals surface area (Å²) in [5, 5.41) is 13.8. The van der Waals surface area contributed by atoms with Crippen molar-refractivity contribution in [2.75, 3.05) is 36.2 Å². The molecule has 2 saturated carbocycles. The van der Waals surface area contributed by atoms with E-state index in [9.17, 15) is 9.32 Å². The Balaban J connectivity index is 1.31. The SMILES string of the molecule is CS(=O)c1cnc(N2CC3CC(c4ncc(Cl)cn4)CC3C2)nc1NC1(CO)CCC1. The average Bonchev–Trinajstić information content (AvgIpc) is 3.30. The first-order valence-corrected chi connectivity index (χ1v) is 12.7. The molecule has 0 amide bonds. The Kier molecular flexibility index (Phi) is 5.60. The van der Waals surface area contributed by atoms with Crippen LogP contribution in [0.1, 0.15) is 43.8 Å². The van der Waals surface area contributed by atoms with Gasteiger partial charge in [-0.1, -0.05) is 11.6 Å². The molecule has 166 valence electrons. The normalized spacial score (nSPS) is 27.6. The number of aliphatic hydroxyl groups is 1. The Morgan fingerprint density at radius 3 is 2.42 bits per heavy atom. The molecule has 2 aromatic heterocycles. The molecule has 1 saturated heterocycles. The maximum atomic E-state index is 12.2. The molecule has 2 N–H and O–H groups in total. The van der Waals surface area contributed by atoms with Gasteiger partial charge in [0.1, 0.15) is 11.6 Å². The smallest absolute Gasteiger partial charge is 0.227 e. The number of aliphatic hydroxyl groups excluding tert-OH is 1. The van der Waals surface area contributed by atoms with Crippen LogP contribution in [-0.2, 0) is 10.8 Å². The van der Waals surface area contributed by atoms with Crippen LogP contribution in [0.5, 0.6) is 0 Å². The van der Waals surface area contributed by atoms with Crippen molar-refractivity contribution < 1.29 is 9.32 Å². The maximum Gasteiger partial charge on any atom is 0.227 e. The van der Waals surface area contributed by atoms with Crippen molar-refractivity contribution in [3.63, 3.8) is 0 Å². The maximum absolute atomic E-state index is 12.2. The van der Waals surface area contributed by atoms with Gasteiger partial charge in [0, 0.05) is 37.7 Å². The van der Waals surface area contributed by atoms with Gasteiger partial charge in [0.25, 0.3) is 0 Å². The second-order valence-electron chi connectivity index (χ2n) is 9.11. The zero-order chi connectivity index (χ0) is 21.6. The average molecular weight is 463 g/mol. The highest BCUT2D eigenvalue weighted by Gasteiger charge is 2.43. The molecule has 3 aliphatic rings. The third-order valence-corrected chi connectivity index (χ3v) is 8.20. The molecule has 2 aromatic rings. The number of nitrogens with one attached hydrogen (secondary N) is 1. The second kappa shape index (κ2) is 8.26. The highest BCUT2D eigenvalue weighted by Crippen LogP contribution is 2.46. The molecule has 0 bridgehead atoms. The van der Waals surface area contributed by atoms with Gasteiger partial charge in [-0.15, -0.1) is 0 Å². The monoisotopic (exact) mass is 462 g/mol. The van der Waals surface area contributed by atoms with E-state index in [1.54, 1.807) is 24.8 Å². The fourth-order valence-electron chi connectivity index (χ4n) is 5.20. The molecule has 0 aromatic carbocycles. The first-order chi connectivity index (χ1) is 15.0. The zero-order valence-electron chi connectivity index (χ0n) is 17.5. The number of nitrogens with zero attached hydrogens (tertiary/aromatic N) is 5. The summed E-state index contributed by atoms with van der Waals surface area (Å²) < 4.78 is 12.2. The molecule has 3 atom stereocenters. The molecule has 10 heteroatoms. The van der Waals surface area contributed by atoms with E-state index >= 15 is 0 Å². The van der Waals surface area contributed by atoms with Gasteiger partial charge in [-0.2, -0.15) is 4.98 Å². The molecule has 31 heavy (non-hydrogen) atoms. The molecule has 3 heterocycles. The van der Waals surface area contributed by atoms with E-state index in [2.05, 4.69) is 25.2 Å². The van der Waals surface area contributed by atoms with Crippen LogP contribution in [0.25, 0.3) is 0 Å². The van der Waals surface area contributed by atoms with Gasteiger partial charge in [-0.25, -0.2) is 15.0 Å². The van der Waals surface area contributed by atoms with Crippen LogP contribution in [-0.4, -0.2) is 60.7 Å². The third kappa shape index (κ3) is 4.03. The van der Waals surface area contributed by atoms with E-state index in [-0.39, 0.29) is 12.1 Å². The third-order valence-electron chi connectivity index (χ3n) is 7.09. The number of hydrogen-bond acceptors (Lipinski definition) is 8. The Morgan fingerprint density at radius 2 is 1.87 bits per heavy atom. The summed E-state index contributed by atoms with van der Waals surface area (Å²) >= 11 is 5.92. The van der Waals surface area contributed by atoms with Gasteiger partial charge < -0.3 is 15.3 Å². The van der Waals surface area contributed by atoms with Crippen molar-refractivity contribution in [1.29, 1.82) is 0 Å². The van der Waals surface area contributed by atoms with E-state index in [0.717, 1.165) is 51.0 Å². The molecule has 2 aliphatic carbocycles. The molecule has 1 aliphatic heterocycles. The van der Waals surface area contributed by atoms with Gasteiger partial charge in [0.2, 0.25) is 5.95 Å². The molecule has 0 radical (unpaired) electrons. The number of anilines is 2. The number of fused-ring (bicyclic) bond motifs is 1. The van der Waals surface area contributed by atoms with Gasteiger partial charge in [-0.05, 0) is 43.9 Å². The second-order valence-corrected chi connectivity index (χ2v) is 10.9. The largest absolute Gasteiger partial charge is 0.394 e. The minimum atomic E-state index is -1.21. The summed E-state index contributed by atoms with van der Waals surface area (Å²) in [5.41, 5.74) is -0.354. The number of rotatable bonds is 6. The van der Waals surface area contributed by atoms with E-state index in [0.29, 0.717) is 39.4 Å². The van der Waals surface area contributed by atoms with Crippen LogP contribution in [0.4, 0.5) is 11.8 Å². The Morgan fingerprint density at radius 1 is 1.19 bits per heavy atom. The summed E-state index contributed by atoms with van der Waals surface area (Å²) in [6, 6.07) is 0. The Hall–Kier alpha value is -1.84. The molecule has 3 fully saturated rings. The lowest BCUT2D eigenvalue weighted by Crippen LogP contribution is -2.48. The van der Waals surface area contributed by atoms with Crippen molar-refractivity contribution in [2.45, 2.75) is 48.5 Å². The minimum Gasteiger partial charge on any atom is -0.394 e. The zero-order valence-corrected chi connectivity index (χ0v) is 19.1. The summed E-state index contributed by atoms with van der Waals surface area (Å²) in [6.45, 7) is 1.84. The van der Waals surface area contributed by atoms with Crippen LogP contribution in [0.2, 0.25) is 5.02 Å². The van der Waals surface area contributed by atoms with Crippen LogP contribution in [0.15, 0.2) is 23.5 Å². The predicted molar refractivity (Wildman–Crippen MR) is 120 cm³/mol. The van der Waals surface area contributed by atoms with Gasteiger partial charge in [0.05, 0.1) is 39.1 Å². The summed E-state index contributed by atoms with van der Waals surface area (Å²) in [4.78, 5) is 21.0. The van der Waals surface area contributed by atoms with Gasteiger partial charge in [-0.3, -0.25) is 4.21 Å².